The van der Waals surface area contributed by atoms with Crippen LogP contribution in [0.1, 0.15) is 0 Å². The molecule has 0 unspecified atom stereocenters. The Morgan fingerprint density at radius 2 is 2.14 bits per heavy atom. The first-order chi connectivity index (χ1) is 6.66. The molecule has 0 fully saturated rings. The third-order valence-corrected chi connectivity index (χ3v) is 1.96. The molecule has 0 aliphatic carbocycles. The Bertz CT molecular complexity index is 470. The number of anilines is 1. The average Bonchev–Trinajstić information content (AvgIpc) is 2.51. The van der Waals surface area contributed by atoms with Crippen molar-refractivity contribution in [3.63, 3.8) is 0 Å². The van der Waals surface area contributed by atoms with Gasteiger partial charge in [-0.2, -0.15) is 4.98 Å². The Kier molecular flexibility index (Phi) is 2.26. The van der Waals surface area contributed by atoms with Gasteiger partial charge in [0.2, 0.25) is 5.82 Å². The van der Waals surface area contributed by atoms with E-state index >= 15 is 0 Å². The number of nitrogens with zero attached hydrogens (tertiary/aromatic N) is 3. The maximum absolute atomic E-state index is 5.86. The molecule has 14 heavy (non-hydrogen) atoms. The maximum atomic E-state index is 5.86. The van der Waals surface area contributed by atoms with E-state index in [4.69, 9.17) is 28.9 Å². The second-order valence-electron chi connectivity index (χ2n) is 2.44. The lowest BCUT2D eigenvalue weighted by atomic mass is 10.3. The van der Waals surface area contributed by atoms with Gasteiger partial charge in [0.15, 0.2) is 0 Å². The SMILES string of the molecule is Nc1nc(-c2ncc(Cl)cc2Cl)no1. The minimum absolute atomic E-state index is 0.0344. The number of nitrogen functional groups attached to an aromatic ring is 1. The van der Waals surface area contributed by atoms with E-state index < -0.39 is 0 Å². The quantitative estimate of drug-likeness (QED) is 0.812. The van der Waals surface area contributed by atoms with E-state index in [2.05, 4.69) is 19.6 Å². The van der Waals surface area contributed by atoms with Crippen LogP contribution < -0.4 is 5.73 Å². The minimum atomic E-state index is -0.0344. The lowest BCUT2D eigenvalue weighted by molar-refractivity contribution is 0.436. The van der Waals surface area contributed by atoms with Crippen LogP contribution in [0.2, 0.25) is 10.0 Å². The number of rotatable bonds is 1. The van der Waals surface area contributed by atoms with Gasteiger partial charge in [-0.15, -0.1) is 0 Å². The van der Waals surface area contributed by atoms with Gasteiger partial charge in [0.05, 0.1) is 10.0 Å². The molecule has 2 N–H and O–H groups in total. The molecule has 0 aliphatic rings. The molecule has 2 heterocycles. The molecule has 0 spiro atoms. The summed E-state index contributed by atoms with van der Waals surface area (Å²) in [6.07, 6.45) is 1.44. The van der Waals surface area contributed by atoms with Crippen LogP contribution in [0, 0.1) is 0 Å². The molecule has 0 radical (unpaired) electrons. The Hall–Kier alpha value is -1.33. The summed E-state index contributed by atoms with van der Waals surface area (Å²) in [5.74, 6) is 0.240. The normalized spacial score (nSPS) is 10.4. The number of halogens is 2. The van der Waals surface area contributed by atoms with Crippen molar-refractivity contribution in [3.05, 3.63) is 22.3 Å². The monoisotopic (exact) mass is 230 g/mol. The van der Waals surface area contributed by atoms with Crippen LogP contribution in [0.5, 0.6) is 0 Å². The van der Waals surface area contributed by atoms with E-state index in [0.29, 0.717) is 15.7 Å². The van der Waals surface area contributed by atoms with Gasteiger partial charge in [-0.3, -0.25) is 0 Å². The van der Waals surface area contributed by atoms with Gasteiger partial charge in [-0.1, -0.05) is 28.4 Å². The average molecular weight is 231 g/mol. The number of pyridine rings is 1. The van der Waals surface area contributed by atoms with Crippen molar-refractivity contribution in [2.45, 2.75) is 0 Å². The highest BCUT2D eigenvalue weighted by Crippen LogP contribution is 2.25. The van der Waals surface area contributed by atoms with Crippen LogP contribution >= 0.6 is 23.2 Å². The van der Waals surface area contributed by atoms with Gasteiger partial charge >= 0.3 is 6.01 Å². The predicted molar refractivity (Wildman–Crippen MR) is 52.0 cm³/mol. The van der Waals surface area contributed by atoms with Gasteiger partial charge in [-0.25, -0.2) is 4.98 Å². The summed E-state index contributed by atoms with van der Waals surface area (Å²) in [4.78, 5) is 7.74. The van der Waals surface area contributed by atoms with Crippen LogP contribution in [-0.4, -0.2) is 15.1 Å². The zero-order chi connectivity index (χ0) is 10.1. The molecule has 2 aromatic heterocycles. The Labute approximate surface area is 88.8 Å². The molecular formula is C7H4Cl2N4O. The van der Waals surface area contributed by atoms with Gasteiger partial charge in [-0.05, 0) is 6.07 Å². The lowest BCUT2D eigenvalue weighted by Crippen LogP contribution is -1.88. The highest BCUT2D eigenvalue weighted by Gasteiger charge is 2.11. The minimum Gasteiger partial charge on any atom is -0.351 e. The molecule has 0 saturated carbocycles. The maximum Gasteiger partial charge on any atom is 0.319 e. The smallest absolute Gasteiger partial charge is 0.319 e. The van der Waals surface area contributed by atoms with Crippen molar-refractivity contribution >= 4 is 29.2 Å². The lowest BCUT2D eigenvalue weighted by Gasteiger charge is -1.96. The van der Waals surface area contributed by atoms with Gasteiger partial charge < -0.3 is 10.3 Å². The van der Waals surface area contributed by atoms with Crippen molar-refractivity contribution in [1.82, 2.24) is 15.1 Å². The molecule has 2 aromatic rings. The van der Waals surface area contributed by atoms with Crippen molar-refractivity contribution in [1.29, 1.82) is 0 Å². The van der Waals surface area contributed by atoms with Crippen LogP contribution in [0.25, 0.3) is 11.5 Å². The number of nitrogens with two attached hydrogens (primary N) is 1. The van der Waals surface area contributed by atoms with Crippen molar-refractivity contribution in [2.24, 2.45) is 0 Å². The Morgan fingerprint density at radius 3 is 2.71 bits per heavy atom. The van der Waals surface area contributed by atoms with E-state index in [-0.39, 0.29) is 11.8 Å². The molecule has 0 saturated heterocycles. The van der Waals surface area contributed by atoms with E-state index in [1.807, 2.05) is 0 Å². The van der Waals surface area contributed by atoms with Crippen LogP contribution in [0.4, 0.5) is 6.01 Å². The summed E-state index contributed by atoms with van der Waals surface area (Å²) in [7, 11) is 0. The molecule has 0 atom stereocenters. The fourth-order valence-corrected chi connectivity index (χ4v) is 1.38. The molecule has 0 bridgehead atoms. The summed E-state index contributed by atoms with van der Waals surface area (Å²) >= 11 is 11.5. The second kappa shape index (κ2) is 3.43. The third-order valence-electron chi connectivity index (χ3n) is 1.46. The van der Waals surface area contributed by atoms with E-state index in [0.717, 1.165) is 0 Å². The molecule has 72 valence electrons. The van der Waals surface area contributed by atoms with Crippen LogP contribution in [0.3, 0.4) is 0 Å². The fourth-order valence-electron chi connectivity index (χ4n) is 0.910. The molecule has 2 rings (SSSR count). The highest BCUT2D eigenvalue weighted by atomic mass is 35.5. The topological polar surface area (TPSA) is 77.8 Å². The molecule has 0 aromatic carbocycles. The first kappa shape index (κ1) is 9.23. The summed E-state index contributed by atoms with van der Waals surface area (Å²) in [5.41, 5.74) is 5.64. The summed E-state index contributed by atoms with van der Waals surface area (Å²) < 4.78 is 4.59. The van der Waals surface area contributed by atoms with Crippen LogP contribution in [0.15, 0.2) is 16.8 Å². The molecule has 5 nitrogen and oxygen atoms in total. The molecular weight excluding hydrogens is 227 g/mol. The van der Waals surface area contributed by atoms with Gasteiger partial charge in [0, 0.05) is 6.20 Å². The van der Waals surface area contributed by atoms with Crippen molar-refractivity contribution < 1.29 is 4.52 Å². The van der Waals surface area contributed by atoms with E-state index in [9.17, 15) is 0 Å². The molecule has 0 aliphatic heterocycles. The number of aromatic nitrogens is 3. The first-order valence-electron chi connectivity index (χ1n) is 3.57. The third kappa shape index (κ3) is 1.64. The van der Waals surface area contributed by atoms with Gasteiger partial charge in [0.25, 0.3) is 0 Å². The fraction of sp³-hybridized carbons (Fsp3) is 0. The van der Waals surface area contributed by atoms with Gasteiger partial charge in [0.1, 0.15) is 5.69 Å². The predicted octanol–water partition coefficient (Wildman–Crippen LogP) is 2.02. The zero-order valence-electron chi connectivity index (χ0n) is 6.74. The number of hydrogen-bond donors (Lipinski definition) is 1. The molecule has 0 amide bonds. The molecule has 7 heteroatoms. The Morgan fingerprint density at radius 1 is 1.36 bits per heavy atom. The standard InChI is InChI=1S/C7H4Cl2N4O/c8-3-1-4(9)5(11-2-3)6-12-7(10)14-13-6/h1-2H,(H2,10,12,13). The van der Waals surface area contributed by atoms with Crippen molar-refractivity contribution in [2.75, 3.05) is 5.73 Å². The summed E-state index contributed by atoms with van der Waals surface area (Å²) in [6.45, 7) is 0. The first-order valence-corrected chi connectivity index (χ1v) is 4.33. The highest BCUT2D eigenvalue weighted by molar-refractivity contribution is 6.35. The van der Waals surface area contributed by atoms with E-state index in [1.165, 1.54) is 12.3 Å². The van der Waals surface area contributed by atoms with Crippen LogP contribution in [-0.2, 0) is 0 Å². The zero-order valence-corrected chi connectivity index (χ0v) is 8.25. The number of hydrogen-bond acceptors (Lipinski definition) is 5. The summed E-state index contributed by atoms with van der Waals surface area (Å²) in [6, 6.07) is 1.51. The van der Waals surface area contributed by atoms with E-state index in [1.54, 1.807) is 0 Å². The summed E-state index contributed by atoms with van der Waals surface area (Å²) in [5, 5.41) is 4.36. The largest absolute Gasteiger partial charge is 0.351 e. The Balaban J connectivity index is 2.52. The second-order valence-corrected chi connectivity index (χ2v) is 3.28. The van der Waals surface area contributed by atoms with Crippen molar-refractivity contribution in [3.8, 4) is 11.5 Å².